The van der Waals surface area contributed by atoms with Crippen molar-refractivity contribution in [3.8, 4) is 17.2 Å². The normalized spacial score (nSPS) is 21.2. The standard InChI is InChI=1S/C39H43BrN2O9/c1-38(2,3)51-36(44)41-30(20-24-10-13-27(14-11-24)49-37(45)47-23-26-8-6-7-9-29(26)40)35(43)48-28-16-17-39-18-19-42(4)22-25-12-15-31(46-5)34(33(25)39)50-32(39)21-28/h6-17,28,30,32H,18-23H2,1-5H3,(H,41,44)/t28-,30-,32-,39-/m0/s1. The fourth-order valence-corrected chi connectivity index (χ4v) is 7.23. The Kier molecular flexibility index (Phi) is 10.6. The van der Waals surface area contributed by atoms with Gasteiger partial charge in [0.1, 0.15) is 36.2 Å². The van der Waals surface area contributed by atoms with Crippen LogP contribution in [-0.2, 0) is 44.0 Å². The van der Waals surface area contributed by atoms with Crippen LogP contribution >= 0.6 is 15.9 Å². The van der Waals surface area contributed by atoms with Crippen molar-refractivity contribution >= 4 is 34.1 Å². The molecule has 1 amide bonds. The Hall–Kier alpha value is -4.55. The van der Waals surface area contributed by atoms with E-state index < -0.39 is 36.0 Å². The largest absolute Gasteiger partial charge is 0.514 e. The molecule has 0 aromatic heterocycles. The minimum Gasteiger partial charge on any atom is -0.493 e. The molecular weight excluding hydrogens is 720 g/mol. The average Bonchev–Trinajstić information content (AvgIpc) is 3.34. The fraction of sp³-hybridized carbons (Fsp3) is 0.410. The highest BCUT2D eigenvalue weighted by Crippen LogP contribution is 2.55. The summed E-state index contributed by atoms with van der Waals surface area (Å²) in [5.74, 6) is 1.08. The summed E-state index contributed by atoms with van der Waals surface area (Å²) in [4.78, 5) is 41.3. The number of methoxy groups -OCH3 is 1. The molecule has 0 radical (unpaired) electrons. The zero-order valence-corrected chi connectivity index (χ0v) is 31.0. The van der Waals surface area contributed by atoms with Gasteiger partial charge in [-0.25, -0.2) is 14.4 Å². The number of carbonyl (C=O) groups is 3. The van der Waals surface area contributed by atoms with Crippen LogP contribution in [0.15, 0.2) is 77.3 Å². The van der Waals surface area contributed by atoms with Crippen molar-refractivity contribution in [2.75, 3.05) is 20.7 Å². The zero-order chi connectivity index (χ0) is 36.3. The van der Waals surface area contributed by atoms with E-state index in [-0.39, 0.29) is 30.3 Å². The highest BCUT2D eigenvalue weighted by molar-refractivity contribution is 9.10. The van der Waals surface area contributed by atoms with Gasteiger partial charge in [0.25, 0.3) is 0 Å². The molecule has 0 bridgehead atoms. The van der Waals surface area contributed by atoms with Gasteiger partial charge in [-0.15, -0.1) is 0 Å². The molecule has 3 aromatic carbocycles. The van der Waals surface area contributed by atoms with Crippen LogP contribution in [0.4, 0.5) is 9.59 Å². The van der Waals surface area contributed by atoms with Crippen molar-refractivity contribution in [1.82, 2.24) is 10.2 Å². The van der Waals surface area contributed by atoms with Gasteiger partial charge >= 0.3 is 18.2 Å². The molecular formula is C39H43BrN2O9. The summed E-state index contributed by atoms with van der Waals surface area (Å²) in [7, 11) is 3.75. The molecule has 1 aliphatic carbocycles. The summed E-state index contributed by atoms with van der Waals surface area (Å²) in [6.45, 7) is 6.96. The highest BCUT2D eigenvalue weighted by Gasteiger charge is 2.53. The Labute approximate surface area is 306 Å². The molecule has 2 heterocycles. The van der Waals surface area contributed by atoms with Crippen LogP contribution in [0.5, 0.6) is 17.2 Å². The van der Waals surface area contributed by atoms with E-state index in [1.54, 1.807) is 52.1 Å². The van der Waals surface area contributed by atoms with E-state index >= 15 is 0 Å². The lowest BCUT2D eigenvalue weighted by molar-refractivity contribution is -0.151. The van der Waals surface area contributed by atoms with Gasteiger partial charge in [-0.1, -0.05) is 58.4 Å². The van der Waals surface area contributed by atoms with E-state index in [9.17, 15) is 14.4 Å². The average molecular weight is 764 g/mol. The number of hydrogen-bond donors (Lipinski definition) is 1. The summed E-state index contributed by atoms with van der Waals surface area (Å²) in [5, 5.41) is 2.70. The molecule has 0 fully saturated rings. The lowest BCUT2D eigenvalue weighted by Crippen LogP contribution is -2.48. The smallest absolute Gasteiger partial charge is 0.493 e. The second-order valence-corrected chi connectivity index (χ2v) is 15.0. The number of benzene rings is 3. The number of halogens is 1. The third kappa shape index (κ3) is 8.34. The molecule has 0 saturated heterocycles. The Bertz CT molecular complexity index is 1800. The number of rotatable bonds is 9. The Morgan fingerprint density at radius 1 is 1.08 bits per heavy atom. The van der Waals surface area contributed by atoms with Crippen molar-refractivity contribution in [3.63, 3.8) is 0 Å². The van der Waals surface area contributed by atoms with Crippen molar-refractivity contribution < 1.29 is 42.8 Å². The predicted octanol–water partition coefficient (Wildman–Crippen LogP) is 7.02. The first-order valence-electron chi connectivity index (χ1n) is 17.0. The van der Waals surface area contributed by atoms with Crippen LogP contribution in [-0.4, -0.2) is 67.7 Å². The van der Waals surface area contributed by atoms with Crippen LogP contribution in [0.1, 0.15) is 55.9 Å². The maximum atomic E-state index is 13.8. The third-order valence-corrected chi connectivity index (χ3v) is 10.0. The molecule has 2 aliphatic heterocycles. The van der Waals surface area contributed by atoms with E-state index in [0.29, 0.717) is 17.7 Å². The molecule has 51 heavy (non-hydrogen) atoms. The lowest BCUT2D eigenvalue weighted by Gasteiger charge is -2.37. The van der Waals surface area contributed by atoms with Gasteiger partial charge in [0.15, 0.2) is 11.5 Å². The highest BCUT2D eigenvalue weighted by atomic mass is 79.9. The maximum absolute atomic E-state index is 13.8. The first kappa shape index (κ1) is 36.2. The minimum absolute atomic E-state index is 0.0437. The van der Waals surface area contributed by atoms with Crippen LogP contribution in [0.3, 0.4) is 0 Å². The van der Waals surface area contributed by atoms with Crippen molar-refractivity contribution in [1.29, 1.82) is 0 Å². The van der Waals surface area contributed by atoms with Gasteiger partial charge in [-0.3, -0.25) is 0 Å². The minimum atomic E-state index is -1.06. The van der Waals surface area contributed by atoms with Crippen LogP contribution in [0.25, 0.3) is 0 Å². The zero-order valence-electron chi connectivity index (χ0n) is 29.4. The summed E-state index contributed by atoms with van der Waals surface area (Å²) >= 11 is 3.43. The number of ether oxygens (including phenoxy) is 6. The quantitative estimate of drug-likeness (QED) is 0.105. The van der Waals surface area contributed by atoms with Crippen molar-refractivity contribution in [2.24, 2.45) is 0 Å². The first-order valence-corrected chi connectivity index (χ1v) is 17.7. The molecule has 1 spiro atoms. The van der Waals surface area contributed by atoms with Crippen molar-refractivity contribution in [3.05, 3.63) is 99.5 Å². The van der Waals surface area contributed by atoms with Gasteiger partial charge < -0.3 is 38.6 Å². The van der Waals surface area contributed by atoms with E-state index in [1.807, 2.05) is 36.4 Å². The SMILES string of the molecule is COc1ccc2c3c1O[C@H]1C[C@@H](OC(=O)[C@H](Cc4ccc(OC(=O)OCc5ccccc5Br)cc4)NC(=O)OC(C)(C)C)C=C[C@@]31CCN(C)C2. The number of hydrogen-bond acceptors (Lipinski definition) is 10. The van der Waals surface area contributed by atoms with E-state index in [1.165, 1.54) is 5.56 Å². The molecule has 11 nitrogen and oxygen atoms in total. The second-order valence-electron chi connectivity index (χ2n) is 14.1. The van der Waals surface area contributed by atoms with Gasteiger partial charge in [0.2, 0.25) is 0 Å². The molecule has 0 saturated carbocycles. The molecule has 270 valence electrons. The van der Waals surface area contributed by atoms with Gasteiger partial charge in [-0.05, 0) is 82.3 Å². The Morgan fingerprint density at radius 3 is 2.57 bits per heavy atom. The summed E-state index contributed by atoms with van der Waals surface area (Å²) < 4.78 is 35.2. The molecule has 0 unspecified atom stereocenters. The topological polar surface area (TPSA) is 122 Å². The number of esters is 1. The predicted molar refractivity (Wildman–Crippen MR) is 192 cm³/mol. The van der Waals surface area contributed by atoms with Gasteiger partial charge in [-0.2, -0.15) is 0 Å². The second kappa shape index (κ2) is 15.0. The van der Waals surface area contributed by atoms with Gasteiger partial charge in [0, 0.05) is 35.0 Å². The number of amides is 1. The third-order valence-electron chi connectivity index (χ3n) is 9.24. The first-order chi connectivity index (χ1) is 24.3. The molecule has 6 rings (SSSR count). The molecule has 4 atom stereocenters. The summed E-state index contributed by atoms with van der Waals surface area (Å²) in [5.41, 5.74) is 2.70. The van der Waals surface area contributed by atoms with Gasteiger partial charge in [0.05, 0.1) is 12.5 Å². The number of carbonyl (C=O) groups excluding carboxylic acids is 3. The molecule has 12 heteroatoms. The van der Waals surface area contributed by atoms with Crippen molar-refractivity contribution in [2.45, 2.75) is 82.5 Å². The molecule has 1 N–H and O–H groups in total. The number of nitrogens with zero attached hydrogens (tertiary/aromatic N) is 1. The van der Waals surface area contributed by atoms with Crippen LogP contribution in [0.2, 0.25) is 0 Å². The lowest BCUT2D eigenvalue weighted by atomic mass is 9.69. The fourth-order valence-electron chi connectivity index (χ4n) is 6.83. The van der Waals surface area contributed by atoms with E-state index in [0.717, 1.165) is 40.9 Å². The summed E-state index contributed by atoms with van der Waals surface area (Å²) in [6.07, 6.45) is 3.01. The summed E-state index contributed by atoms with van der Waals surface area (Å²) in [6, 6.07) is 17.0. The number of alkyl carbamates (subject to hydrolysis) is 1. The van der Waals surface area contributed by atoms with Crippen LogP contribution in [0, 0.1) is 0 Å². The number of nitrogens with one attached hydrogen (secondary N) is 1. The van der Waals surface area contributed by atoms with E-state index in [4.69, 9.17) is 28.4 Å². The van der Waals surface area contributed by atoms with E-state index in [2.05, 4.69) is 45.3 Å². The monoisotopic (exact) mass is 762 g/mol. The van der Waals surface area contributed by atoms with Crippen LogP contribution < -0.4 is 19.5 Å². The Balaban J connectivity index is 1.14. The molecule has 3 aliphatic rings. The molecule has 3 aromatic rings. The maximum Gasteiger partial charge on any atom is 0.514 e. The Morgan fingerprint density at radius 2 is 1.84 bits per heavy atom.